The standard InChI is InChI=1S/C12H16O3S/c1-12(2,3)9-11(13)15-16(14)10-7-5-4-6-8-10/h4-8H,9H2,1-3H3. The summed E-state index contributed by atoms with van der Waals surface area (Å²) < 4.78 is 16.5. The van der Waals surface area contributed by atoms with E-state index in [1.807, 2.05) is 26.8 Å². The number of carbonyl (C=O) groups is 1. The second kappa shape index (κ2) is 5.25. The van der Waals surface area contributed by atoms with Gasteiger partial charge in [0.15, 0.2) is 0 Å². The lowest BCUT2D eigenvalue weighted by atomic mass is 9.93. The van der Waals surface area contributed by atoms with Gasteiger partial charge in [0.25, 0.3) is 0 Å². The molecule has 0 spiro atoms. The molecule has 1 aromatic carbocycles. The summed E-state index contributed by atoms with van der Waals surface area (Å²) >= 11 is -1.70. The smallest absolute Gasteiger partial charge is 0.320 e. The average molecular weight is 240 g/mol. The molecule has 0 aliphatic heterocycles. The molecule has 0 bridgehead atoms. The Morgan fingerprint density at radius 1 is 1.25 bits per heavy atom. The normalized spacial score (nSPS) is 13.2. The van der Waals surface area contributed by atoms with Gasteiger partial charge in [-0.1, -0.05) is 39.0 Å². The van der Waals surface area contributed by atoms with Gasteiger partial charge in [-0.15, -0.1) is 0 Å². The lowest BCUT2D eigenvalue weighted by Crippen LogP contribution is -2.16. The molecule has 0 N–H and O–H groups in total. The van der Waals surface area contributed by atoms with Gasteiger partial charge in [-0.2, -0.15) is 0 Å². The summed E-state index contributed by atoms with van der Waals surface area (Å²) in [6, 6.07) is 8.66. The van der Waals surface area contributed by atoms with Gasteiger partial charge in [0.1, 0.15) is 0 Å². The van der Waals surface area contributed by atoms with Crippen molar-refractivity contribution in [3.8, 4) is 0 Å². The average Bonchev–Trinajstić information content (AvgIpc) is 2.16. The van der Waals surface area contributed by atoms with Crippen LogP contribution in [0.1, 0.15) is 27.2 Å². The Morgan fingerprint density at radius 2 is 1.81 bits per heavy atom. The molecule has 0 saturated heterocycles. The molecule has 16 heavy (non-hydrogen) atoms. The van der Waals surface area contributed by atoms with Crippen LogP contribution < -0.4 is 0 Å². The van der Waals surface area contributed by atoms with Gasteiger partial charge in [0.2, 0.25) is 11.1 Å². The third kappa shape index (κ3) is 4.57. The summed E-state index contributed by atoms with van der Waals surface area (Å²) in [6.45, 7) is 5.79. The third-order valence-corrected chi connectivity index (χ3v) is 2.77. The highest BCUT2D eigenvalue weighted by Crippen LogP contribution is 2.20. The Balaban J connectivity index is 2.56. The van der Waals surface area contributed by atoms with Crippen molar-refractivity contribution >= 4 is 17.0 Å². The van der Waals surface area contributed by atoms with E-state index in [-0.39, 0.29) is 11.8 Å². The Bertz CT molecular complexity index is 379. The predicted octanol–water partition coefficient (Wildman–Crippen LogP) is 2.69. The van der Waals surface area contributed by atoms with Crippen LogP contribution in [-0.2, 0) is 20.1 Å². The van der Waals surface area contributed by atoms with Crippen LogP contribution in [0.3, 0.4) is 0 Å². The van der Waals surface area contributed by atoms with Crippen LogP contribution in [0.15, 0.2) is 35.2 Å². The molecule has 1 atom stereocenters. The molecule has 0 saturated carbocycles. The molecular formula is C12H16O3S. The van der Waals surface area contributed by atoms with Crippen molar-refractivity contribution in [1.82, 2.24) is 0 Å². The van der Waals surface area contributed by atoms with Gasteiger partial charge in [0, 0.05) is 0 Å². The van der Waals surface area contributed by atoms with Crippen LogP contribution in [0.5, 0.6) is 0 Å². The molecule has 1 aromatic rings. The monoisotopic (exact) mass is 240 g/mol. The highest BCUT2D eigenvalue weighted by atomic mass is 32.2. The molecular weight excluding hydrogens is 224 g/mol. The first-order chi connectivity index (χ1) is 7.38. The highest BCUT2D eigenvalue weighted by molar-refractivity contribution is 7.80. The topological polar surface area (TPSA) is 43.4 Å². The molecule has 0 aromatic heterocycles. The van der Waals surface area contributed by atoms with E-state index in [0.717, 1.165) is 0 Å². The quantitative estimate of drug-likeness (QED) is 0.815. The van der Waals surface area contributed by atoms with E-state index in [1.54, 1.807) is 24.3 Å². The molecule has 3 nitrogen and oxygen atoms in total. The summed E-state index contributed by atoms with van der Waals surface area (Å²) in [7, 11) is 0. The first kappa shape index (κ1) is 12.9. The molecule has 0 fully saturated rings. The zero-order valence-electron chi connectivity index (χ0n) is 9.73. The van der Waals surface area contributed by atoms with Gasteiger partial charge in [-0.05, 0) is 17.5 Å². The van der Waals surface area contributed by atoms with Crippen molar-refractivity contribution in [1.29, 1.82) is 0 Å². The summed E-state index contributed by atoms with van der Waals surface area (Å²) in [5, 5.41) is 0. The molecule has 0 aliphatic rings. The lowest BCUT2D eigenvalue weighted by Gasteiger charge is -2.15. The van der Waals surface area contributed by atoms with Crippen LogP contribution in [0.2, 0.25) is 0 Å². The van der Waals surface area contributed by atoms with Crippen molar-refractivity contribution in [2.24, 2.45) is 5.41 Å². The van der Waals surface area contributed by atoms with E-state index in [0.29, 0.717) is 4.90 Å². The summed E-state index contributed by atoms with van der Waals surface area (Å²) in [5.74, 6) is -0.435. The second-order valence-electron chi connectivity index (χ2n) is 4.74. The van der Waals surface area contributed by atoms with Gasteiger partial charge >= 0.3 is 5.97 Å². The zero-order valence-corrected chi connectivity index (χ0v) is 10.5. The van der Waals surface area contributed by atoms with Crippen LogP contribution >= 0.6 is 0 Å². The third-order valence-electron chi connectivity index (χ3n) is 1.78. The Kier molecular flexibility index (Phi) is 4.24. The van der Waals surface area contributed by atoms with E-state index < -0.39 is 17.0 Å². The number of carbonyl (C=O) groups excluding carboxylic acids is 1. The van der Waals surface area contributed by atoms with E-state index >= 15 is 0 Å². The Hall–Kier alpha value is -1.16. The van der Waals surface area contributed by atoms with Crippen molar-refractivity contribution in [2.75, 3.05) is 0 Å². The van der Waals surface area contributed by atoms with Crippen molar-refractivity contribution in [3.63, 3.8) is 0 Å². The fourth-order valence-corrected chi connectivity index (χ4v) is 1.83. The van der Waals surface area contributed by atoms with Gasteiger partial charge in [0.05, 0.1) is 11.3 Å². The van der Waals surface area contributed by atoms with Crippen LogP contribution in [0.25, 0.3) is 0 Å². The number of hydrogen-bond donors (Lipinski definition) is 0. The minimum atomic E-state index is -1.70. The maximum atomic E-state index is 11.6. The van der Waals surface area contributed by atoms with Crippen LogP contribution in [0, 0.1) is 5.41 Å². The largest absolute Gasteiger partial charge is 0.360 e. The number of benzene rings is 1. The fraction of sp³-hybridized carbons (Fsp3) is 0.417. The zero-order chi connectivity index (χ0) is 12.2. The first-order valence-electron chi connectivity index (χ1n) is 5.06. The second-order valence-corrected chi connectivity index (χ2v) is 5.85. The summed E-state index contributed by atoms with van der Waals surface area (Å²) in [5.41, 5.74) is -0.155. The van der Waals surface area contributed by atoms with Crippen molar-refractivity contribution < 1.29 is 13.2 Å². The molecule has 88 valence electrons. The van der Waals surface area contributed by atoms with E-state index in [9.17, 15) is 9.00 Å². The van der Waals surface area contributed by atoms with Crippen molar-refractivity contribution in [3.05, 3.63) is 30.3 Å². The lowest BCUT2D eigenvalue weighted by molar-refractivity contribution is -0.135. The Morgan fingerprint density at radius 3 is 2.31 bits per heavy atom. The summed E-state index contributed by atoms with van der Waals surface area (Å²) in [6.07, 6.45) is 0.256. The maximum Gasteiger partial charge on any atom is 0.320 e. The van der Waals surface area contributed by atoms with Crippen LogP contribution in [-0.4, -0.2) is 10.2 Å². The van der Waals surface area contributed by atoms with Crippen LogP contribution in [0.4, 0.5) is 0 Å². The Labute approximate surface area is 98.5 Å². The van der Waals surface area contributed by atoms with E-state index in [4.69, 9.17) is 4.18 Å². The summed E-state index contributed by atoms with van der Waals surface area (Å²) in [4.78, 5) is 11.9. The SMILES string of the molecule is CC(C)(C)CC(=O)OS(=O)c1ccccc1. The molecule has 0 aliphatic carbocycles. The van der Waals surface area contributed by atoms with Gasteiger partial charge in [-0.25, -0.2) is 4.21 Å². The highest BCUT2D eigenvalue weighted by Gasteiger charge is 2.19. The molecule has 1 rings (SSSR count). The first-order valence-corrected chi connectivity index (χ1v) is 6.14. The van der Waals surface area contributed by atoms with Gasteiger partial charge < -0.3 is 4.18 Å². The minimum absolute atomic E-state index is 0.155. The van der Waals surface area contributed by atoms with Gasteiger partial charge in [-0.3, -0.25) is 4.79 Å². The van der Waals surface area contributed by atoms with E-state index in [2.05, 4.69) is 0 Å². The molecule has 1 unspecified atom stereocenters. The number of rotatable bonds is 3. The molecule has 0 amide bonds. The minimum Gasteiger partial charge on any atom is -0.360 e. The fourth-order valence-electron chi connectivity index (χ4n) is 1.13. The van der Waals surface area contributed by atoms with E-state index in [1.165, 1.54) is 0 Å². The molecule has 4 heteroatoms. The number of hydrogen-bond acceptors (Lipinski definition) is 3. The van der Waals surface area contributed by atoms with Crippen molar-refractivity contribution in [2.45, 2.75) is 32.1 Å². The predicted molar refractivity (Wildman–Crippen MR) is 63.0 cm³/mol. The molecule has 0 heterocycles. The molecule has 0 radical (unpaired) electrons. The maximum absolute atomic E-state index is 11.6.